The van der Waals surface area contributed by atoms with Crippen molar-refractivity contribution in [1.82, 2.24) is 15.5 Å². The van der Waals surface area contributed by atoms with Gasteiger partial charge in [-0.1, -0.05) is 0 Å². The van der Waals surface area contributed by atoms with E-state index in [4.69, 9.17) is 0 Å². The maximum Gasteiger partial charge on any atom is 0.324 e. The van der Waals surface area contributed by atoms with Gasteiger partial charge in [0.1, 0.15) is 5.54 Å². The minimum atomic E-state index is -0.820. The molecule has 1 fully saturated rings. The molecule has 0 radical (unpaired) electrons. The molecule has 0 saturated carbocycles. The number of nitrogens with one attached hydrogen (secondary N) is 2. The van der Waals surface area contributed by atoms with Crippen LogP contribution in [-0.4, -0.2) is 41.9 Å². The molecule has 1 aliphatic rings. The highest BCUT2D eigenvalue weighted by molar-refractivity contribution is 6.06. The molecule has 1 rings (SSSR count). The van der Waals surface area contributed by atoms with E-state index in [2.05, 4.69) is 10.6 Å². The molecule has 1 saturated heterocycles. The number of nitrogens with zero attached hydrogens (tertiary/aromatic N) is 1. The van der Waals surface area contributed by atoms with Crippen LogP contribution in [0, 0.1) is 0 Å². The van der Waals surface area contributed by atoms with Crippen LogP contribution in [0.15, 0.2) is 0 Å². The van der Waals surface area contributed by atoms with Gasteiger partial charge in [-0.3, -0.25) is 14.9 Å². The number of urea groups is 1. The molecule has 0 atom stereocenters. The molecule has 0 spiro atoms. The largest absolute Gasteiger partial charge is 0.359 e. The van der Waals surface area contributed by atoms with Gasteiger partial charge in [-0.2, -0.15) is 0 Å². The Morgan fingerprint density at radius 3 is 2.50 bits per heavy atom. The van der Waals surface area contributed by atoms with Gasteiger partial charge in [0.15, 0.2) is 0 Å². The first-order valence-corrected chi connectivity index (χ1v) is 5.23. The van der Waals surface area contributed by atoms with Crippen LogP contribution in [0.3, 0.4) is 0 Å². The van der Waals surface area contributed by atoms with E-state index in [-0.39, 0.29) is 17.8 Å². The topological polar surface area (TPSA) is 78.5 Å². The highest BCUT2D eigenvalue weighted by Gasteiger charge is 2.44. The Labute approximate surface area is 94.4 Å². The van der Waals surface area contributed by atoms with E-state index >= 15 is 0 Å². The summed E-state index contributed by atoms with van der Waals surface area (Å²) in [7, 11) is 1.57. The third kappa shape index (κ3) is 2.32. The smallest absolute Gasteiger partial charge is 0.324 e. The van der Waals surface area contributed by atoms with Gasteiger partial charge in [-0.25, -0.2) is 4.79 Å². The first kappa shape index (κ1) is 12.5. The van der Waals surface area contributed by atoms with Gasteiger partial charge in [0, 0.05) is 20.0 Å². The molecule has 6 heteroatoms. The highest BCUT2D eigenvalue weighted by atomic mass is 16.2. The summed E-state index contributed by atoms with van der Waals surface area (Å²) in [5.41, 5.74) is -0.820. The average molecular weight is 227 g/mol. The summed E-state index contributed by atoms with van der Waals surface area (Å²) in [6, 6.07) is -0.382. The Balaban J connectivity index is 2.51. The number of rotatable bonds is 4. The number of carbonyl (C=O) groups excluding carboxylic acids is 3. The summed E-state index contributed by atoms with van der Waals surface area (Å²) < 4.78 is 0. The van der Waals surface area contributed by atoms with Gasteiger partial charge < -0.3 is 10.2 Å². The predicted molar refractivity (Wildman–Crippen MR) is 57.6 cm³/mol. The van der Waals surface area contributed by atoms with E-state index < -0.39 is 5.54 Å². The molecule has 1 aliphatic heterocycles. The summed E-state index contributed by atoms with van der Waals surface area (Å²) in [6.07, 6.45) is 0.897. The zero-order valence-corrected chi connectivity index (χ0v) is 9.79. The van der Waals surface area contributed by atoms with Crippen molar-refractivity contribution < 1.29 is 14.4 Å². The lowest BCUT2D eigenvalue weighted by molar-refractivity contribution is -0.125. The molecule has 1 heterocycles. The molecular formula is C10H17N3O3. The maximum atomic E-state index is 11.4. The first-order valence-electron chi connectivity index (χ1n) is 5.23. The van der Waals surface area contributed by atoms with Crippen LogP contribution in [0.1, 0.15) is 26.7 Å². The van der Waals surface area contributed by atoms with Crippen molar-refractivity contribution in [3.63, 3.8) is 0 Å². The number of hydrogen-bond acceptors (Lipinski definition) is 3. The van der Waals surface area contributed by atoms with Crippen LogP contribution in [0.5, 0.6) is 0 Å². The quantitative estimate of drug-likeness (QED) is 0.655. The molecule has 16 heavy (non-hydrogen) atoms. The third-order valence-corrected chi connectivity index (χ3v) is 2.76. The third-order valence-electron chi connectivity index (χ3n) is 2.76. The molecular weight excluding hydrogens is 210 g/mol. The lowest BCUT2D eigenvalue weighted by atomic mass is 10.0. The van der Waals surface area contributed by atoms with Gasteiger partial charge in [0.2, 0.25) is 5.91 Å². The van der Waals surface area contributed by atoms with Crippen molar-refractivity contribution in [2.45, 2.75) is 32.2 Å². The average Bonchev–Trinajstić information content (AvgIpc) is 2.40. The summed E-state index contributed by atoms with van der Waals surface area (Å²) in [4.78, 5) is 35.3. The molecule has 0 bridgehead atoms. The second-order valence-electron chi connectivity index (χ2n) is 4.25. The standard InChI is InChI=1S/C10H17N3O3/c1-10(2)8(15)12-9(16)13(10)6-4-5-7(14)11-3/h4-6H2,1-3H3,(H,11,14)(H,12,15,16). The molecule has 0 aromatic heterocycles. The van der Waals surface area contributed by atoms with E-state index in [1.165, 1.54) is 4.90 Å². The fourth-order valence-corrected chi connectivity index (χ4v) is 1.60. The van der Waals surface area contributed by atoms with Crippen LogP contribution >= 0.6 is 0 Å². The van der Waals surface area contributed by atoms with E-state index in [1.54, 1.807) is 20.9 Å². The van der Waals surface area contributed by atoms with Crippen molar-refractivity contribution in [3.05, 3.63) is 0 Å². The summed E-state index contributed by atoms with van der Waals surface area (Å²) in [6.45, 7) is 3.78. The van der Waals surface area contributed by atoms with E-state index in [0.717, 1.165) is 0 Å². The van der Waals surface area contributed by atoms with Gasteiger partial charge in [0.05, 0.1) is 0 Å². The Kier molecular flexibility index (Phi) is 3.51. The Bertz CT molecular complexity index is 325. The highest BCUT2D eigenvalue weighted by Crippen LogP contribution is 2.21. The molecule has 90 valence electrons. The van der Waals surface area contributed by atoms with E-state index in [9.17, 15) is 14.4 Å². The van der Waals surface area contributed by atoms with E-state index in [0.29, 0.717) is 19.4 Å². The Morgan fingerprint density at radius 2 is 2.06 bits per heavy atom. The maximum absolute atomic E-state index is 11.4. The van der Waals surface area contributed by atoms with Crippen molar-refractivity contribution in [1.29, 1.82) is 0 Å². The second-order valence-corrected chi connectivity index (χ2v) is 4.25. The number of hydrogen-bond donors (Lipinski definition) is 2. The van der Waals surface area contributed by atoms with Crippen LogP contribution < -0.4 is 10.6 Å². The fraction of sp³-hybridized carbons (Fsp3) is 0.700. The molecule has 0 aliphatic carbocycles. The zero-order chi connectivity index (χ0) is 12.3. The van der Waals surface area contributed by atoms with Crippen LogP contribution in [0.25, 0.3) is 0 Å². The van der Waals surface area contributed by atoms with E-state index in [1.807, 2.05) is 0 Å². The first-order chi connectivity index (χ1) is 7.39. The van der Waals surface area contributed by atoms with Crippen LogP contribution in [0.4, 0.5) is 4.79 Å². The fourth-order valence-electron chi connectivity index (χ4n) is 1.60. The minimum Gasteiger partial charge on any atom is -0.359 e. The molecule has 6 nitrogen and oxygen atoms in total. The lowest BCUT2D eigenvalue weighted by Gasteiger charge is -2.27. The Morgan fingerprint density at radius 1 is 1.44 bits per heavy atom. The SMILES string of the molecule is CNC(=O)CCCN1C(=O)NC(=O)C1(C)C. The summed E-state index contributed by atoms with van der Waals surface area (Å²) in [5.74, 6) is -0.360. The van der Waals surface area contributed by atoms with Crippen LogP contribution in [0.2, 0.25) is 0 Å². The molecule has 0 unspecified atom stereocenters. The molecule has 2 N–H and O–H groups in total. The van der Waals surface area contributed by atoms with Gasteiger partial charge in [-0.05, 0) is 20.3 Å². The van der Waals surface area contributed by atoms with Crippen molar-refractivity contribution in [2.24, 2.45) is 0 Å². The second kappa shape index (κ2) is 4.51. The zero-order valence-electron chi connectivity index (χ0n) is 9.79. The van der Waals surface area contributed by atoms with Gasteiger partial charge in [0.25, 0.3) is 5.91 Å². The van der Waals surface area contributed by atoms with Crippen molar-refractivity contribution >= 4 is 17.8 Å². The molecule has 4 amide bonds. The van der Waals surface area contributed by atoms with Gasteiger partial charge >= 0.3 is 6.03 Å². The molecule has 0 aromatic carbocycles. The Hall–Kier alpha value is -1.59. The summed E-state index contributed by atoms with van der Waals surface area (Å²) in [5, 5.41) is 4.76. The van der Waals surface area contributed by atoms with Gasteiger partial charge in [-0.15, -0.1) is 0 Å². The normalized spacial score (nSPS) is 18.6. The predicted octanol–water partition coefficient (Wildman–Crippen LogP) is -0.157. The summed E-state index contributed by atoms with van der Waals surface area (Å²) >= 11 is 0. The van der Waals surface area contributed by atoms with Crippen LogP contribution in [-0.2, 0) is 9.59 Å². The van der Waals surface area contributed by atoms with Crippen molar-refractivity contribution in [3.8, 4) is 0 Å². The number of imide groups is 1. The monoisotopic (exact) mass is 227 g/mol. The minimum absolute atomic E-state index is 0.0660. The van der Waals surface area contributed by atoms with Crippen molar-refractivity contribution in [2.75, 3.05) is 13.6 Å². The lowest BCUT2D eigenvalue weighted by Crippen LogP contribution is -2.44. The number of amides is 4. The number of carbonyl (C=O) groups is 3. The molecule has 0 aromatic rings.